The lowest BCUT2D eigenvalue weighted by Gasteiger charge is -2.47. The third-order valence-electron chi connectivity index (χ3n) is 4.08. The fourth-order valence-corrected chi connectivity index (χ4v) is 3.38. The van der Waals surface area contributed by atoms with E-state index in [-0.39, 0.29) is 17.2 Å². The molecule has 0 amide bonds. The second-order valence-corrected chi connectivity index (χ2v) is 7.17. The van der Waals surface area contributed by atoms with Gasteiger partial charge in [0.2, 0.25) is 0 Å². The van der Waals surface area contributed by atoms with Gasteiger partial charge in [-0.05, 0) is 45.0 Å². The number of aromatic nitrogens is 1. The fraction of sp³-hybridized carbons (Fsp3) is 0.615. The Balaban J connectivity index is 2.07. The van der Waals surface area contributed by atoms with Gasteiger partial charge in [0, 0.05) is 18.3 Å². The minimum atomic E-state index is -3.60. The van der Waals surface area contributed by atoms with Crippen molar-refractivity contribution in [2.75, 3.05) is 20.6 Å². The molecule has 1 saturated carbocycles. The second-order valence-electron chi connectivity index (χ2n) is 5.46. The summed E-state index contributed by atoms with van der Waals surface area (Å²) in [7, 11) is 0.350. The molecule has 1 heterocycles. The summed E-state index contributed by atoms with van der Waals surface area (Å²) in [6.07, 6.45) is 4.50. The van der Waals surface area contributed by atoms with Gasteiger partial charge in [-0.2, -0.15) is 0 Å². The monoisotopic (exact) mass is 299 g/mol. The van der Waals surface area contributed by atoms with E-state index in [0.717, 1.165) is 19.3 Å². The van der Waals surface area contributed by atoms with Gasteiger partial charge in [0.1, 0.15) is 0 Å². The van der Waals surface area contributed by atoms with Crippen LogP contribution >= 0.6 is 0 Å². The summed E-state index contributed by atoms with van der Waals surface area (Å²) >= 11 is 0. The quantitative estimate of drug-likeness (QED) is 0.791. The lowest BCUT2D eigenvalue weighted by molar-refractivity contribution is 0.0656. The highest BCUT2D eigenvalue weighted by molar-refractivity contribution is 7.89. The van der Waals surface area contributed by atoms with E-state index in [0.29, 0.717) is 12.1 Å². The number of sulfonamides is 1. The number of aliphatic hydroxyl groups excluding tert-OH is 1. The van der Waals surface area contributed by atoms with E-state index in [2.05, 4.69) is 14.6 Å². The zero-order valence-corrected chi connectivity index (χ0v) is 12.7. The maximum absolute atomic E-state index is 12.2. The van der Waals surface area contributed by atoms with Crippen LogP contribution in [0.2, 0.25) is 0 Å². The van der Waals surface area contributed by atoms with Gasteiger partial charge in [0.15, 0.2) is 5.03 Å². The zero-order chi connectivity index (χ0) is 14.8. The molecular weight excluding hydrogens is 278 g/mol. The van der Waals surface area contributed by atoms with Gasteiger partial charge in [-0.1, -0.05) is 6.07 Å². The molecule has 7 heteroatoms. The Morgan fingerprint density at radius 2 is 2.10 bits per heavy atom. The number of nitrogens with one attached hydrogen (secondary N) is 1. The summed E-state index contributed by atoms with van der Waals surface area (Å²) < 4.78 is 27.0. The van der Waals surface area contributed by atoms with E-state index >= 15 is 0 Å². The normalized spacial score (nSPS) is 18.0. The maximum atomic E-state index is 12.2. The fourth-order valence-electron chi connectivity index (χ4n) is 2.33. The molecule has 1 aromatic rings. The highest BCUT2D eigenvalue weighted by atomic mass is 32.2. The summed E-state index contributed by atoms with van der Waals surface area (Å²) in [5.74, 6) is 0. The molecule has 2 N–H and O–H groups in total. The highest BCUT2D eigenvalue weighted by Crippen LogP contribution is 2.35. The Kier molecular flexibility index (Phi) is 4.43. The van der Waals surface area contributed by atoms with Crippen molar-refractivity contribution < 1.29 is 13.5 Å². The van der Waals surface area contributed by atoms with Gasteiger partial charge >= 0.3 is 0 Å². The molecular formula is C13H21N3O3S. The number of pyridine rings is 1. The minimum Gasteiger partial charge on any atom is -0.392 e. The van der Waals surface area contributed by atoms with Crippen LogP contribution in [0.3, 0.4) is 0 Å². The average Bonchev–Trinajstić information content (AvgIpc) is 2.37. The molecule has 2 rings (SSSR count). The Bertz CT molecular complexity index is 551. The Morgan fingerprint density at radius 1 is 1.40 bits per heavy atom. The van der Waals surface area contributed by atoms with E-state index in [4.69, 9.17) is 5.11 Å². The average molecular weight is 299 g/mol. The summed E-state index contributed by atoms with van der Waals surface area (Å²) in [4.78, 5) is 5.97. The highest BCUT2D eigenvalue weighted by Gasteiger charge is 2.39. The molecule has 6 nitrogen and oxygen atoms in total. The molecule has 0 radical (unpaired) electrons. The van der Waals surface area contributed by atoms with Gasteiger partial charge in [-0.15, -0.1) is 0 Å². The Labute approximate surface area is 119 Å². The van der Waals surface area contributed by atoms with Crippen molar-refractivity contribution in [3.05, 3.63) is 23.9 Å². The first-order valence-electron chi connectivity index (χ1n) is 6.62. The van der Waals surface area contributed by atoms with E-state index in [9.17, 15) is 8.42 Å². The van der Waals surface area contributed by atoms with Crippen LogP contribution in [0.4, 0.5) is 0 Å². The first-order chi connectivity index (χ1) is 9.39. The third kappa shape index (κ3) is 3.01. The van der Waals surface area contributed by atoms with Gasteiger partial charge in [0.05, 0.1) is 6.61 Å². The lowest BCUT2D eigenvalue weighted by Crippen LogP contribution is -2.57. The van der Waals surface area contributed by atoms with Crippen molar-refractivity contribution in [1.29, 1.82) is 0 Å². The van der Waals surface area contributed by atoms with E-state index in [1.54, 1.807) is 6.07 Å². The summed E-state index contributed by atoms with van der Waals surface area (Å²) in [6, 6.07) is 2.98. The van der Waals surface area contributed by atoms with Gasteiger partial charge < -0.3 is 10.0 Å². The molecule has 1 aliphatic rings. The second kappa shape index (κ2) is 5.77. The zero-order valence-electron chi connectivity index (χ0n) is 11.8. The number of aliphatic hydroxyl groups is 1. The molecule has 1 aliphatic carbocycles. The van der Waals surface area contributed by atoms with Crippen molar-refractivity contribution in [1.82, 2.24) is 14.6 Å². The van der Waals surface area contributed by atoms with Crippen molar-refractivity contribution in [2.45, 2.75) is 36.4 Å². The lowest BCUT2D eigenvalue weighted by atomic mass is 9.76. The van der Waals surface area contributed by atoms with Crippen LogP contribution in [0.15, 0.2) is 23.4 Å². The van der Waals surface area contributed by atoms with Crippen LogP contribution in [0.1, 0.15) is 24.8 Å². The van der Waals surface area contributed by atoms with Crippen molar-refractivity contribution >= 4 is 10.0 Å². The van der Waals surface area contributed by atoms with E-state index < -0.39 is 10.0 Å². The van der Waals surface area contributed by atoms with Gasteiger partial charge in [-0.3, -0.25) is 0 Å². The summed E-state index contributed by atoms with van der Waals surface area (Å²) in [6.45, 7) is 0.246. The molecule has 1 aromatic heterocycles. The first-order valence-corrected chi connectivity index (χ1v) is 8.11. The largest absolute Gasteiger partial charge is 0.392 e. The van der Waals surface area contributed by atoms with Crippen LogP contribution in [-0.4, -0.2) is 49.6 Å². The summed E-state index contributed by atoms with van der Waals surface area (Å²) in [5, 5.41) is 8.92. The van der Waals surface area contributed by atoms with Crippen LogP contribution in [0.25, 0.3) is 0 Å². The molecule has 0 aromatic carbocycles. The topological polar surface area (TPSA) is 82.5 Å². The molecule has 0 bridgehead atoms. The smallest absolute Gasteiger partial charge is 0.258 e. The molecule has 1 fully saturated rings. The third-order valence-corrected chi connectivity index (χ3v) is 5.40. The molecule has 0 atom stereocenters. The molecule has 112 valence electrons. The van der Waals surface area contributed by atoms with Gasteiger partial charge in [0.25, 0.3) is 10.0 Å². The number of nitrogens with zero attached hydrogens (tertiary/aromatic N) is 2. The Morgan fingerprint density at radius 3 is 2.50 bits per heavy atom. The van der Waals surface area contributed by atoms with Crippen LogP contribution in [0, 0.1) is 0 Å². The van der Waals surface area contributed by atoms with E-state index in [1.807, 2.05) is 14.1 Å². The predicted octanol–water partition coefficient (Wildman–Crippen LogP) is 0.336. The predicted molar refractivity (Wildman–Crippen MR) is 75.6 cm³/mol. The standard InChI is InChI=1S/C13H21N3O3S/c1-16(2)13(6-3-7-13)10-15-20(18,19)12-5-4-11(9-17)8-14-12/h4-5,8,15,17H,3,6-7,9-10H2,1-2H3. The van der Waals surface area contributed by atoms with Crippen molar-refractivity contribution in [3.63, 3.8) is 0 Å². The number of hydrogen-bond donors (Lipinski definition) is 2. The molecule has 0 unspecified atom stereocenters. The van der Waals surface area contributed by atoms with Crippen LogP contribution in [-0.2, 0) is 16.6 Å². The van der Waals surface area contributed by atoms with Crippen molar-refractivity contribution in [2.24, 2.45) is 0 Å². The maximum Gasteiger partial charge on any atom is 0.258 e. The van der Waals surface area contributed by atoms with Crippen molar-refractivity contribution in [3.8, 4) is 0 Å². The van der Waals surface area contributed by atoms with Crippen LogP contribution < -0.4 is 4.72 Å². The number of rotatable bonds is 6. The SMILES string of the molecule is CN(C)C1(CNS(=O)(=O)c2ccc(CO)cn2)CCC1. The molecule has 0 spiro atoms. The molecule has 0 aliphatic heterocycles. The molecule has 0 saturated heterocycles. The summed E-state index contributed by atoms with van der Waals surface area (Å²) in [5.41, 5.74) is 0.519. The number of likely N-dealkylation sites (N-methyl/N-ethyl adjacent to an activating group) is 1. The number of hydrogen-bond acceptors (Lipinski definition) is 5. The molecule has 20 heavy (non-hydrogen) atoms. The minimum absolute atomic E-state index is 0.0112. The first kappa shape index (κ1) is 15.4. The van der Waals surface area contributed by atoms with E-state index in [1.165, 1.54) is 12.3 Å². The Hall–Kier alpha value is -1.02. The van der Waals surface area contributed by atoms with Crippen LogP contribution in [0.5, 0.6) is 0 Å². The van der Waals surface area contributed by atoms with Gasteiger partial charge in [-0.25, -0.2) is 18.1 Å².